The average molecular weight is 316 g/mol. The van der Waals surface area contributed by atoms with E-state index in [0.717, 1.165) is 12.8 Å². The van der Waals surface area contributed by atoms with Crippen LogP contribution in [0.2, 0.25) is 5.02 Å². The van der Waals surface area contributed by atoms with Gasteiger partial charge in [-0.05, 0) is 43.2 Å². The van der Waals surface area contributed by atoms with Gasteiger partial charge in [0.25, 0.3) is 0 Å². The van der Waals surface area contributed by atoms with Gasteiger partial charge >= 0.3 is 5.97 Å². The molecule has 22 heavy (non-hydrogen) atoms. The zero-order valence-electron chi connectivity index (χ0n) is 11.7. The van der Waals surface area contributed by atoms with Gasteiger partial charge in [0, 0.05) is 11.6 Å². The summed E-state index contributed by atoms with van der Waals surface area (Å²) in [5.41, 5.74) is 0.944. The molecule has 2 aromatic rings. The fourth-order valence-corrected chi connectivity index (χ4v) is 2.17. The van der Waals surface area contributed by atoms with Gasteiger partial charge in [-0.25, -0.2) is 4.79 Å². The zero-order valence-corrected chi connectivity index (χ0v) is 12.5. The van der Waals surface area contributed by atoms with Gasteiger partial charge in [-0.3, -0.25) is 4.79 Å². The molecule has 1 saturated carbocycles. The maximum atomic E-state index is 12.2. The van der Waals surface area contributed by atoms with Crippen LogP contribution >= 0.6 is 11.6 Å². The molecule has 0 aromatic heterocycles. The Balaban J connectivity index is 1.72. The monoisotopic (exact) mass is 315 g/mol. The summed E-state index contributed by atoms with van der Waals surface area (Å²) >= 11 is 5.96. The summed E-state index contributed by atoms with van der Waals surface area (Å²) in [6.45, 7) is 0. The Labute approximate surface area is 133 Å². The summed E-state index contributed by atoms with van der Waals surface area (Å²) in [7, 11) is 0. The average Bonchev–Trinajstić information content (AvgIpc) is 3.34. The van der Waals surface area contributed by atoms with Crippen LogP contribution in [0, 0.1) is 5.92 Å². The third-order valence-corrected chi connectivity index (χ3v) is 3.67. The van der Waals surface area contributed by atoms with Crippen LogP contribution in [0.15, 0.2) is 48.5 Å². The highest BCUT2D eigenvalue weighted by Gasteiger charge is 2.29. The molecule has 0 radical (unpaired) electrons. The van der Waals surface area contributed by atoms with Crippen LogP contribution in [0.1, 0.15) is 23.2 Å². The third kappa shape index (κ3) is 3.46. The lowest BCUT2D eigenvalue weighted by molar-refractivity contribution is -0.117. The van der Waals surface area contributed by atoms with Crippen LogP contribution in [-0.2, 0) is 4.79 Å². The van der Waals surface area contributed by atoms with Crippen LogP contribution in [0.4, 0.5) is 5.69 Å². The second-order valence-electron chi connectivity index (χ2n) is 5.16. The number of carbonyl (C=O) groups is 2. The van der Waals surface area contributed by atoms with Gasteiger partial charge in [-0.1, -0.05) is 29.8 Å². The molecule has 5 heteroatoms. The van der Waals surface area contributed by atoms with Crippen LogP contribution in [0.5, 0.6) is 5.75 Å². The number of carbonyl (C=O) groups excluding carboxylic acids is 2. The molecule has 2 aromatic carbocycles. The van der Waals surface area contributed by atoms with E-state index in [9.17, 15) is 9.59 Å². The Hall–Kier alpha value is -2.33. The predicted octanol–water partition coefficient (Wildman–Crippen LogP) is 3.91. The molecule has 0 heterocycles. The molecule has 1 fully saturated rings. The number of esters is 1. The first kappa shape index (κ1) is 14.6. The normalized spacial score (nSPS) is 13.5. The highest BCUT2D eigenvalue weighted by atomic mass is 35.5. The minimum Gasteiger partial charge on any atom is -0.421 e. The maximum Gasteiger partial charge on any atom is 0.343 e. The molecule has 1 aliphatic rings. The van der Waals surface area contributed by atoms with Crippen molar-refractivity contribution in [2.24, 2.45) is 5.92 Å². The van der Waals surface area contributed by atoms with Crippen molar-refractivity contribution in [1.29, 1.82) is 0 Å². The van der Waals surface area contributed by atoms with E-state index >= 15 is 0 Å². The number of hydrogen-bond acceptors (Lipinski definition) is 3. The largest absolute Gasteiger partial charge is 0.421 e. The van der Waals surface area contributed by atoms with Crippen molar-refractivity contribution in [3.63, 3.8) is 0 Å². The minimum absolute atomic E-state index is 0.00313. The standard InChI is InChI=1S/C17H14ClNO3/c18-14-6-1-2-7-15(14)22-17(21)12-4-3-5-13(10-12)19-16(20)11-8-9-11/h1-7,10-11H,8-9H2,(H,19,20). The van der Waals surface area contributed by atoms with E-state index in [1.807, 2.05) is 0 Å². The number of hydrogen-bond donors (Lipinski definition) is 1. The summed E-state index contributed by atoms with van der Waals surface area (Å²) in [5, 5.41) is 3.17. The summed E-state index contributed by atoms with van der Waals surface area (Å²) < 4.78 is 5.27. The fourth-order valence-electron chi connectivity index (χ4n) is 2.00. The Morgan fingerprint density at radius 2 is 1.86 bits per heavy atom. The van der Waals surface area contributed by atoms with Gasteiger partial charge in [-0.15, -0.1) is 0 Å². The van der Waals surface area contributed by atoms with Crippen molar-refractivity contribution in [3.8, 4) is 5.75 Å². The van der Waals surface area contributed by atoms with Gasteiger partial charge in [0.2, 0.25) is 5.91 Å². The Bertz CT molecular complexity index is 725. The Morgan fingerprint density at radius 3 is 2.59 bits per heavy atom. The molecular formula is C17H14ClNO3. The van der Waals surface area contributed by atoms with E-state index in [1.165, 1.54) is 0 Å². The smallest absolute Gasteiger partial charge is 0.343 e. The van der Waals surface area contributed by atoms with E-state index in [2.05, 4.69) is 5.32 Å². The predicted molar refractivity (Wildman–Crippen MR) is 84.2 cm³/mol. The van der Waals surface area contributed by atoms with Crippen molar-refractivity contribution in [2.75, 3.05) is 5.32 Å². The lowest BCUT2D eigenvalue weighted by atomic mass is 10.2. The second-order valence-corrected chi connectivity index (χ2v) is 5.57. The molecule has 4 nitrogen and oxygen atoms in total. The molecule has 3 rings (SSSR count). The first-order valence-corrected chi connectivity index (χ1v) is 7.39. The summed E-state index contributed by atoms with van der Waals surface area (Å²) in [4.78, 5) is 23.9. The topological polar surface area (TPSA) is 55.4 Å². The molecule has 1 N–H and O–H groups in total. The van der Waals surface area contributed by atoms with E-state index in [1.54, 1.807) is 48.5 Å². The molecule has 0 atom stereocenters. The quantitative estimate of drug-likeness (QED) is 0.687. The molecular weight excluding hydrogens is 302 g/mol. The minimum atomic E-state index is -0.518. The molecule has 1 amide bonds. The van der Waals surface area contributed by atoms with Crippen molar-refractivity contribution in [3.05, 3.63) is 59.1 Å². The first-order chi connectivity index (χ1) is 10.6. The number of halogens is 1. The van der Waals surface area contributed by atoms with Gasteiger partial charge < -0.3 is 10.1 Å². The zero-order chi connectivity index (χ0) is 15.5. The van der Waals surface area contributed by atoms with E-state index in [4.69, 9.17) is 16.3 Å². The molecule has 0 unspecified atom stereocenters. The van der Waals surface area contributed by atoms with Crippen LogP contribution in [-0.4, -0.2) is 11.9 Å². The van der Waals surface area contributed by atoms with Crippen LogP contribution < -0.4 is 10.1 Å². The van der Waals surface area contributed by atoms with Crippen LogP contribution in [0.25, 0.3) is 0 Å². The van der Waals surface area contributed by atoms with Gasteiger partial charge in [0.15, 0.2) is 0 Å². The van der Waals surface area contributed by atoms with Crippen molar-refractivity contribution in [1.82, 2.24) is 0 Å². The number of anilines is 1. The number of para-hydroxylation sites is 1. The third-order valence-electron chi connectivity index (χ3n) is 3.35. The number of amides is 1. The number of benzene rings is 2. The molecule has 0 spiro atoms. The second kappa shape index (κ2) is 6.20. The van der Waals surface area contributed by atoms with Crippen molar-refractivity contribution in [2.45, 2.75) is 12.8 Å². The number of rotatable bonds is 4. The summed E-state index contributed by atoms with van der Waals surface area (Å²) in [5.74, 6) is -0.104. The summed E-state index contributed by atoms with van der Waals surface area (Å²) in [6, 6.07) is 13.4. The fraction of sp³-hybridized carbons (Fsp3) is 0.176. The molecule has 112 valence electrons. The number of ether oxygens (including phenoxy) is 1. The van der Waals surface area contributed by atoms with E-state index < -0.39 is 5.97 Å². The summed E-state index contributed by atoms with van der Waals surface area (Å²) in [6.07, 6.45) is 1.86. The highest BCUT2D eigenvalue weighted by Crippen LogP contribution is 2.30. The van der Waals surface area contributed by atoms with Gasteiger partial charge in [0.05, 0.1) is 10.6 Å². The Kier molecular flexibility index (Phi) is 4.11. The van der Waals surface area contributed by atoms with Crippen molar-refractivity contribution >= 4 is 29.2 Å². The molecule has 0 aliphatic heterocycles. The highest BCUT2D eigenvalue weighted by molar-refractivity contribution is 6.32. The van der Waals surface area contributed by atoms with Gasteiger partial charge in [0.1, 0.15) is 5.75 Å². The maximum absolute atomic E-state index is 12.2. The first-order valence-electron chi connectivity index (χ1n) is 7.01. The Morgan fingerprint density at radius 1 is 1.09 bits per heavy atom. The van der Waals surface area contributed by atoms with Gasteiger partial charge in [-0.2, -0.15) is 0 Å². The lowest BCUT2D eigenvalue weighted by Crippen LogP contribution is -2.14. The molecule has 0 bridgehead atoms. The number of nitrogens with one attached hydrogen (secondary N) is 1. The molecule has 0 saturated heterocycles. The van der Waals surface area contributed by atoms with E-state index in [0.29, 0.717) is 22.0 Å². The van der Waals surface area contributed by atoms with E-state index in [-0.39, 0.29) is 11.8 Å². The lowest BCUT2D eigenvalue weighted by Gasteiger charge is -2.08. The van der Waals surface area contributed by atoms with Crippen LogP contribution in [0.3, 0.4) is 0 Å². The molecule has 1 aliphatic carbocycles. The van der Waals surface area contributed by atoms with Crippen molar-refractivity contribution < 1.29 is 14.3 Å². The SMILES string of the molecule is O=C(Oc1ccccc1Cl)c1cccc(NC(=O)C2CC2)c1.